The smallest absolute Gasteiger partial charge is 0.343 e. The van der Waals surface area contributed by atoms with E-state index in [-0.39, 0.29) is 11.6 Å². The first-order valence-corrected chi connectivity index (χ1v) is 13.1. The van der Waals surface area contributed by atoms with Gasteiger partial charge in [-0.25, -0.2) is 19.4 Å². The number of nitrogens with zero attached hydrogens (tertiary/aromatic N) is 5. The molecule has 1 aliphatic heterocycles. The van der Waals surface area contributed by atoms with Crippen LogP contribution in [-0.2, 0) is 4.79 Å². The molecule has 0 amide bonds. The average Bonchev–Trinajstić information content (AvgIpc) is 3.34. The maximum atomic E-state index is 13.2. The molecule has 10 nitrogen and oxygen atoms in total. The second kappa shape index (κ2) is 10.2. The predicted octanol–water partition coefficient (Wildman–Crippen LogP) is 4.70. The molecule has 3 aromatic heterocycles. The highest BCUT2D eigenvalue weighted by molar-refractivity contribution is 6.31. The van der Waals surface area contributed by atoms with Gasteiger partial charge < -0.3 is 19.8 Å². The van der Waals surface area contributed by atoms with E-state index >= 15 is 0 Å². The SMILES string of the molecule is CC(c1oc(=O)c2ccccc2c1C1=CCN(C)CC1)n1nc(-c2cc(Cl)cc(OC=O)c2)c2c(N)ncnc21. The van der Waals surface area contributed by atoms with Crippen LogP contribution in [0.4, 0.5) is 5.82 Å². The lowest BCUT2D eigenvalue weighted by molar-refractivity contribution is -0.120. The number of hydrogen-bond donors (Lipinski definition) is 1. The average molecular weight is 557 g/mol. The second-order valence-corrected chi connectivity index (χ2v) is 10.2. The normalized spacial score (nSPS) is 14.8. The summed E-state index contributed by atoms with van der Waals surface area (Å²) in [7, 11) is 2.07. The fraction of sp³-hybridized carbons (Fsp3) is 0.207. The van der Waals surface area contributed by atoms with Crippen molar-refractivity contribution in [1.29, 1.82) is 0 Å². The molecule has 1 unspecified atom stereocenters. The Kier molecular flexibility index (Phi) is 6.57. The highest BCUT2D eigenvalue weighted by atomic mass is 35.5. The van der Waals surface area contributed by atoms with Crippen LogP contribution < -0.4 is 16.1 Å². The summed E-state index contributed by atoms with van der Waals surface area (Å²) in [5.41, 5.74) is 9.34. The lowest BCUT2D eigenvalue weighted by atomic mass is 9.92. The van der Waals surface area contributed by atoms with E-state index in [4.69, 9.17) is 31.6 Å². The summed E-state index contributed by atoms with van der Waals surface area (Å²) in [6.07, 6.45) is 4.34. The Morgan fingerprint density at radius 2 is 1.98 bits per heavy atom. The topological polar surface area (TPSA) is 129 Å². The van der Waals surface area contributed by atoms with Gasteiger partial charge in [-0.2, -0.15) is 5.10 Å². The predicted molar refractivity (Wildman–Crippen MR) is 153 cm³/mol. The summed E-state index contributed by atoms with van der Waals surface area (Å²) < 4.78 is 12.8. The van der Waals surface area contributed by atoms with Crippen molar-refractivity contribution in [2.24, 2.45) is 0 Å². The Hall–Kier alpha value is -4.54. The number of likely N-dealkylation sites (N-methyl/N-ethyl adjacent to an activating group) is 1. The van der Waals surface area contributed by atoms with Gasteiger partial charge in [-0.3, -0.25) is 4.79 Å². The largest absolute Gasteiger partial charge is 0.429 e. The molecule has 0 saturated heterocycles. The molecule has 11 heteroatoms. The zero-order chi connectivity index (χ0) is 28.0. The summed E-state index contributed by atoms with van der Waals surface area (Å²) in [6, 6.07) is 11.8. The molecule has 0 bridgehead atoms. The highest BCUT2D eigenvalue weighted by Gasteiger charge is 2.28. The van der Waals surface area contributed by atoms with Gasteiger partial charge in [0.1, 0.15) is 35.4 Å². The molecule has 4 heterocycles. The van der Waals surface area contributed by atoms with E-state index < -0.39 is 11.7 Å². The molecular weight excluding hydrogens is 532 g/mol. The number of carbonyl (C=O) groups excluding carboxylic acids is 1. The van der Waals surface area contributed by atoms with Gasteiger partial charge in [-0.05, 0) is 55.6 Å². The number of carbonyl (C=O) groups is 1. The van der Waals surface area contributed by atoms with E-state index in [0.29, 0.717) is 44.9 Å². The molecule has 0 aliphatic carbocycles. The summed E-state index contributed by atoms with van der Waals surface area (Å²) >= 11 is 6.33. The number of anilines is 1. The quantitative estimate of drug-likeness (QED) is 0.296. The third kappa shape index (κ3) is 4.41. The Labute approximate surface area is 233 Å². The van der Waals surface area contributed by atoms with E-state index in [1.165, 1.54) is 12.4 Å². The third-order valence-electron chi connectivity index (χ3n) is 7.19. The maximum absolute atomic E-state index is 13.2. The minimum atomic E-state index is -0.553. The summed E-state index contributed by atoms with van der Waals surface area (Å²) in [5, 5.41) is 7.08. The standard InChI is InChI=1S/C29H25ClN6O4/c1-16(26-23(17-7-9-35(2)10-8-17)21-5-3-4-6-22(21)29(38)40-26)36-28-24(27(31)32-14-33-28)25(34-36)18-11-19(30)13-20(12-18)39-15-37/h3-7,11-16H,8-10H2,1-2H3,(H2,31,32,33). The number of nitrogens with two attached hydrogens (primary N) is 1. The van der Waals surface area contributed by atoms with Crippen LogP contribution in [0.3, 0.4) is 0 Å². The first-order valence-electron chi connectivity index (χ1n) is 12.7. The fourth-order valence-corrected chi connectivity index (χ4v) is 5.47. The molecule has 1 atom stereocenters. The molecule has 6 rings (SSSR count). The van der Waals surface area contributed by atoms with Gasteiger partial charge in [-0.15, -0.1) is 0 Å². The van der Waals surface area contributed by atoms with Crippen molar-refractivity contribution >= 4 is 51.3 Å². The number of hydrogen-bond acceptors (Lipinski definition) is 9. The summed E-state index contributed by atoms with van der Waals surface area (Å²) in [4.78, 5) is 35.1. The van der Waals surface area contributed by atoms with Crippen molar-refractivity contribution < 1.29 is 13.9 Å². The van der Waals surface area contributed by atoms with E-state index in [2.05, 4.69) is 28.0 Å². The first kappa shape index (κ1) is 25.7. The van der Waals surface area contributed by atoms with Crippen LogP contribution in [0.1, 0.15) is 30.7 Å². The molecule has 0 spiro atoms. The molecule has 0 fully saturated rings. The number of benzene rings is 2. The number of nitrogen functional groups attached to an aromatic ring is 1. The Balaban J connectivity index is 1.60. The number of fused-ring (bicyclic) bond motifs is 2. The van der Waals surface area contributed by atoms with Crippen molar-refractivity contribution in [3.05, 3.63) is 81.6 Å². The van der Waals surface area contributed by atoms with Crippen LogP contribution in [0.2, 0.25) is 5.02 Å². The molecule has 2 N–H and O–H groups in total. The lowest BCUT2D eigenvalue weighted by Gasteiger charge is -2.25. The van der Waals surface area contributed by atoms with Crippen molar-refractivity contribution in [3.8, 4) is 17.0 Å². The molecule has 5 aromatic rings. The molecule has 202 valence electrons. The first-order chi connectivity index (χ1) is 19.4. The van der Waals surface area contributed by atoms with Crippen LogP contribution in [0, 0.1) is 0 Å². The van der Waals surface area contributed by atoms with Crippen molar-refractivity contribution in [3.63, 3.8) is 0 Å². The zero-order valence-corrected chi connectivity index (χ0v) is 22.6. The van der Waals surface area contributed by atoms with Crippen molar-refractivity contribution in [2.75, 3.05) is 25.9 Å². The fourth-order valence-electron chi connectivity index (χ4n) is 5.24. The maximum Gasteiger partial charge on any atom is 0.343 e. The molecule has 40 heavy (non-hydrogen) atoms. The number of rotatable bonds is 6. The molecule has 0 saturated carbocycles. The monoisotopic (exact) mass is 556 g/mol. The zero-order valence-electron chi connectivity index (χ0n) is 21.8. The van der Waals surface area contributed by atoms with Crippen molar-refractivity contribution in [1.82, 2.24) is 24.6 Å². The van der Waals surface area contributed by atoms with Gasteiger partial charge in [0, 0.05) is 29.2 Å². The van der Waals surface area contributed by atoms with Crippen molar-refractivity contribution in [2.45, 2.75) is 19.4 Å². The summed E-state index contributed by atoms with van der Waals surface area (Å²) in [6.45, 7) is 3.90. The summed E-state index contributed by atoms with van der Waals surface area (Å²) in [5.74, 6) is 0.943. The van der Waals surface area contributed by atoms with Crippen LogP contribution in [0.5, 0.6) is 5.75 Å². The molecule has 1 aliphatic rings. The van der Waals surface area contributed by atoms with Crippen LogP contribution in [-0.4, -0.2) is 51.3 Å². The number of ether oxygens (including phenoxy) is 1. The number of aromatic nitrogens is 4. The van der Waals surface area contributed by atoms with E-state index in [1.807, 2.05) is 25.1 Å². The molecular formula is C29H25ClN6O4. The van der Waals surface area contributed by atoms with Crippen LogP contribution >= 0.6 is 11.6 Å². The minimum absolute atomic E-state index is 0.217. The number of halogens is 1. The lowest BCUT2D eigenvalue weighted by Crippen LogP contribution is -2.24. The van der Waals surface area contributed by atoms with Gasteiger partial charge in [-0.1, -0.05) is 35.9 Å². The van der Waals surface area contributed by atoms with Crippen LogP contribution in [0.15, 0.2) is 64.1 Å². The Morgan fingerprint density at radius 3 is 2.73 bits per heavy atom. The minimum Gasteiger partial charge on any atom is -0.429 e. The molecule has 0 radical (unpaired) electrons. The van der Waals surface area contributed by atoms with Gasteiger partial charge in [0.15, 0.2) is 5.65 Å². The Bertz CT molecular complexity index is 1880. The van der Waals surface area contributed by atoms with E-state index in [0.717, 1.165) is 36.0 Å². The van der Waals surface area contributed by atoms with Crippen LogP contribution in [0.25, 0.3) is 38.6 Å². The Morgan fingerprint density at radius 1 is 1.18 bits per heavy atom. The van der Waals surface area contributed by atoms with E-state index in [9.17, 15) is 9.59 Å². The highest BCUT2D eigenvalue weighted by Crippen LogP contribution is 2.39. The van der Waals surface area contributed by atoms with E-state index in [1.54, 1.807) is 22.9 Å². The third-order valence-corrected chi connectivity index (χ3v) is 7.41. The molecule has 2 aromatic carbocycles. The van der Waals surface area contributed by atoms with Gasteiger partial charge >= 0.3 is 5.63 Å². The van der Waals surface area contributed by atoms with Gasteiger partial charge in [0.05, 0.1) is 10.8 Å². The van der Waals surface area contributed by atoms with Gasteiger partial charge in [0.25, 0.3) is 6.47 Å². The second-order valence-electron chi connectivity index (χ2n) is 9.73. The van der Waals surface area contributed by atoms with Gasteiger partial charge in [0.2, 0.25) is 0 Å².